The zero-order valence-electron chi connectivity index (χ0n) is 14.1. The molecule has 0 unspecified atom stereocenters. The molecule has 128 valence electrons. The van der Waals surface area contributed by atoms with Crippen molar-refractivity contribution in [3.8, 4) is 5.69 Å². The van der Waals surface area contributed by atoms with Crippen LogP contribution in [0, 0.1) is 13.8 Å². The molecule has 3 aromatic rings. The van der Waals surface area contributed by atoms with Crippen LogP contribution in [0.25, 0.3) is 5.69 Å². The number of nitrogens with one attached hydrogen (secondary N) is 1. The minimum absolute atomic E-state index is 0.0448. The van der Waals surface area contributed by atoms with Crippen molar-refractivity contribution >= 4 is 5.91 Å². The van der Waals surface area contributed by atoms with E-state index in [2.05, 4.69) is 15.2 Å². The second-order valence-corrected chi connectivity index (χ2v) is 6.16. The number of nitrogens with zero attached hydrogens (tertiary/aromatic N) is 5. The van der Waals surface area contributed by atoms with Crippen LogP contribution in [0.5, 0.6) is 0 Å². The number of aryl methyl sites for hydroxylation is 2. The van der Waals surface area contributed by atoms with Crippen LogP contribution in [0.3, 0.4) is 0 Å². The number of carbonyl (C=O) groups is 1. The van der Waals surface area contributed by atoms with E-state index in [1.165, 1.54) is 0 Å². The molecule has 0 bridgehead atoms. The summed E-state index contributed by atoms with van der Waals surface area (Å²) in [5.74, 6) is 1.64. The van der Waals surface area contributed by atoms with Crippen molar-refractivity contribution in [3.05, 3.63) is 63.9 Å². The molecule has 3 heterocycles. The number of amides is 1. The van der Waals surface area contributed by atoms with Crippen molar-refractivity contribution in [1.29, 1.82) is 0 Å². The molecule has 2 aromatic heterocycles. The maximum atomic E-state index is 12.7. The fourth-order valence-electron chi connectivity index (χ4n) is 3.19. The number of hydrogen-bond donors (Lipinski definition) is 1. The van der Waals surface area contributed by atoms with Crippen LogP contribution < -0.4 is 5.69 Å². The fraction of sp³-hybridized carbons (Fsp3) is 0.294. The predicted octanol–water partition coefficient (Wildman–Crippen LogP) is 1.03. The van der Waals surface area contributed by atoms with Gasteiger partial charge in [0.1, 0.15) is 5.82 Å². The number of imidazole rings is 1. The van der Waals surface area contributed by atoms with Gasteiger partial charge < -0.3 is 14.5 Å². The average molecular weight is 338 g/mol. The quantitative estimate of drug-likeness (QED) is 0.756. The van der Waals surface area contributed by atoms with Gasteiger partial charge in [-0.25, -0.2) is 4.79 Å². The minimum Gasteiger partial charge on any atom is -0.329 e. The molecule has 25 heavy (non-hydrogen) atoms. The van der Waals surface area contributed by atoms with Crippen LogP contribution in [0.2, 0.25) is 0 Å². The maximum absolute atomic E-state index is 12.7. The monoisotopic (exact) mass is 338 g/mol. The molecule has 0 radical (unpaired) electrons. The first-order chi connectivity index (χ1) is 12.0. The summed E-state index contributed by atoms with van der Waals surface area (Å²) in [6, 6.07) is 7.07. The van der Waals surface area contributed by atoms with Crippen LogP contribution in [0.1, 0.15) is 27.7 Å². The molecule has 4 rings (SSSR count). The zero-order chi connectivity index (χ0) is 17.6. The summed E-state index contributed by atoms with van der Waals surface area (Å²) in [6.07, 6.45) is 1.66. The van der Waals surface area contributed by atoms with Gasteiger partial charge >= 0.3 is 5.69 Å². The Hall–Kier alpha value is -3.16. The van der Waals surface area contributed by atoms with Gasteiger partial charge in [-0.1, -0.05) is 0 Å². The Morgan fingerprint density at radius 1 is 1.12 bits per heavy atom. The highest BCUT2D eigenvalue weighted by Crippen LogP contribution is 2.16. The van der Waals surface area contributed by atoms with E-state index in [4.69, 9.17) is 0 Å². The maximum Gasteiger partial charge on any atom is 0.330 e. The van der Waals surface area contributed by atoms with Gasteiger partial charge in [-0.3, -0.25) is 9.36 Å². The molecule has 0 atom stereocenters. The Labute approximate surface area is 143 Å². The van der Waals surface area contributed by atoms with Gasteiger partial charge in [0, 0.05) is 30.5 Å². The molecule has 0 spiro atoms. The van der Waals surface area contributed by atoms with Crippen molar-refractivity contribution in [2.75, 3.05) is 6.54 Å². The highest BCUT2D eigenvalue weighted by Gasteiger charge is 2.24. The van der Waals surface area contributed by atoms with Gasteiger partial charge in [-0.2, -0.15) is 0 Å². The molecule has 1 N–H and O–H groups in total. The van der Waals surface area contributed by atoms with Gasteiger partial charge in [0.25, 0.3) is 5.91 Å². The van der Waals surface area contributed by atoms with Gasteiger partial charge in [-0.05, 0) is 38.1 Å². The lowest BCUT2D eigenvalue weighted by atomic mass is 10.1. The number of carbonyl (C=O) groups excluding carboxylic acids is 1. The minimum atomic E-state index is -0.192. The largest absolute Gasteiger partial charge is 0.330 e. The normalized spacial score (nSPS) is 13.8. The van der Waals surface area contributed by atoms with Gasteiger partial charge in [0.2, 0.25) is 0 Å². The van der Waals surface area contributed by atoms with Crippen LogP contribution in [-0.2, 0) is 13.1 Å². The molecule has 1 aromatic carbocycles. The van der Waals surface area contributed by atoms with E-state index in [0.717, 1.165) is 23.0 Å². The van der Waals surface area contributed by atoms with E-state index >= 15 is 0 Å². The number of H-pyrrole nitrogens is 1. The third kappa shape index (κ3) is 2.55. The highest BCUT2D eigenvalue weighted by molar-refractivity contribution is 5.94. The molecule has 0 fully saturated rings. The average Bonchev–Trinajstić information content (AvgIpc) is 3.16. The second kappa shape index (κ2) is 5.73. The third-order valence-corrected chi connectivity index (χ3v) is 4.56. The molecular formula is C17H18N6O2. The topological polar surface area (TPSA) is 88.8 Å². The van der Waals surface area contributed by atoms with Gasteiger partial charge in [0.15, 0.2) is 5.82 Å². The van der Waals surface area contributed by atoms with Crippen molar-refractivity contribution in [2.45, 2.75) is 26.9 Å². The Balaban J connectivity index is 1.56. The number of aromatic amines is 1. The molecule has 8 heteroatoms. The predicted molar refractivity (Wildman–Crippen MR) is 90.6 cm³/mol. The van der Waals surface area contributed by atoms with Crippen LogP contribution in [0.15, 0.2) is 35.3 Å². The van der Waals surface area contributed by atoms with Crippen molar-refractivity contribution < 1.29 is 4.79 Å². The molecule has 0 saturated carbocycles. The summed E-state index contributed by atoms with van der Waals surface area (Å²) < 4.78 is 3.61. The number of benzene rings is 1. The Morgan fingerprint density at radius 3 is 2.56 bits per heavy atom. The molecule has 8 nitrogen and oxygen atoms in total. The molecule has 0 saturated heterocycles. The van der Waals surface area contributed by atoms with Crippen molar-refractivity contribution in [3.63, 3.8) is 0 Å². The van der Waals surface area contributed by atoms with E-state index in [-0.39, 0.29) is 11.6 Å². The molecule has 1 aliphatic rings. The van der Waals surface area contributed by atoms with Gasteiger partial charge in [0.05, 0.1) is 12.2 Å². The summed E-state index contributed by atoms with van der Waals surface area (Å²) in [4.78, 5) is 29.0. The van der Waals surface area contributed by atoms with E-state index in [0.29, 0.717) is 25.2 Å². The van der Waals surface area contributed by atoms with Crippen LogP contribution in [0.4, 0.5) is 0 Å². The second-order valence-electron chi connectivity index (χ2n) is 6.16. The first kappa shape index (κ1) is 15.4. The molecule has 1 amide bonds. The van der Waals surface area contributed by atoms with E-state index in [1.807, 2.05) is 18.4 Å². The summed E-state index contributed by atoms with van der Waals surface area (Å²) in [6.45, 7) is 5.55. The van der Waals surface area contributed by atoms with Gasteiger partial charge in [-0.15, -0.1) is 10.2 Å². The smallest absolute Gasteiger partial charge is 0.329 e. The lowest BCUT2D eigenvalue weighted by molar-refractivity contribution is 0.0706. The van der Waals surface area contributed by atoms with Crippen molar-refractivity contribution in [1.82, 2.24) is 29.2 Å². The molecule has 1 aliphatic heterocycles. The Kier molecular flexibility index (Phi) is 3.52. The van der Waals surface area contributed by atoms with E-state index in [1.54, 1.807) is 39.9 Å². The number of aromatic nitrogens is 5. The zero-order valence-corrected chi connectivity index (χ0v) is 14.1. The molecule has 0 aliphatic carbocycles. The lowest BCUT2D eigenvalue weighted by Crippen LogP contribution is -2.38. The summed E-state index contributed by atoms with van der Waals surface area (Å²) in [5.41, 5.74) is 1.95. The Morgan fingerprint density at radius 2 is 1.88 bits per heavy atom. The number of rotatable bonds is 2. The summed E-state index contributed by atoms with van der Waals surface area (Å²) in [5, 5.41) is 8.19. The first-order valence-corrected chi connectivity index (χ1v) is 8.10. The van der Waals surface area contributed by atoms with Crippen LogP contribution >= 0.6 is 0 Å². The first-order valence-electron chi connectivity index (χ1n) is 8.10. The fourth-order valence-corrected chi connectivity index (χ4v) is 3.19. The number of fused-ring (bicyclic) bond motifs is 1. The molecular weight excluding hydrogens is 320 g/mol. The third-order valence-electron chi connectivity index (χ3n) is 4.56. The number of hydrogen-bond acceptors (Lipinski definition) is 4. The van der Waals surface area contributed by atoms with E-state index < -0.39 is 0 Å². The van der Waals surface area contributed by atoms with Crippen LogP contribution in [-0.4, -0.2) is 41.7 Å². The SMILES string of the molecule is Cc1nnc2n1CCN(C(=O)c1ccc(-n3c(C)c[nH]c3=O)cc1)C2. The van der Waals surface area contributed by atoms with E-state index in [9.17, 15) is 9.59 Å². The highest BCUT2D eigenvalue weighted by atomic mass is 16.2. The Bertz CT molecular complexity index is 995. The standard InChI is InChI=1S/C17H18N6O2/c1-11-9-18-17(25)23(11)14-5-3-13(4-6-14)16(24)21-7-8-22-12(2)19-20-15(22)10-21/h3-6,9H,7-8,10H2,1-2H3,(H,18,25). The lowest BCUT2D eigenvalue weighted by Gasteiger charge is -2.27. The summed E-state index contributed by atoms with van der Waals surface area (Å²) >= 11 is 0. The summed E-state index contributed by atoms with van der Waals surface area (Å²) in [7, 11) is 0. The van der Waals surface area contributed by atoms with Crippen molar-refractivity contribution in [2.24, 2.45) is 0 Å².